The van der Waals surface area contributed by atoms with Gasteiger partial charge in [-0.25, -0.2) is 4.98 Å². The van der Waals surface area contributed by atoms with Crippen LogP contribution in [0.4, 0.5) is 5.82 Å². The van der Waals surface area contributed by atoms with Crippen LogP contribution in [0.2, 0.25) is 0 Å². The standard InChI is InChI=1S/C5H6N2/c6-5-3-1-2-4-7-5/h1-4H,(H2,6,7)/i1+1,2+1,3+1,4+1,5+1. The Morgan fingerprint density at radius 3 is 2.57 bits per heavy atom. The van der Waals surface area contributed by atoms with Crippen LogP contribution < -0.4 is 5.73 Å². The lowest BCUT2D eigenvalue weighted by atomic mass is 11.4. The third-order valence-electron chi connectivity index (χ3n) is 0.688. The molecule has 0 spiro atoms. The largest absolute Gasteiger partial charge is 0.384 e. The molecule has 7 heavy (non-hydrogen) atoms. The van der Waals surface area contributed by atoms with E-state index in [0.717, 1.165) is 0 Å². The van der Waals surface area contributed by atoms with Crippen LogP contribution in [0.1, 0.15) is 0 Å². The summed E-state index contributed by atoms with van der Waals surface area (Å²) in [5, 5.41) is 0. The van der Waals surface area contributed by atoms with Crippen molar-refractivity contribution in [1.29, 1.82) is 0 Å². The molecule has 0 bridgehead atoms. The molecular formula is C5H6N2. The van der Waals surface area contributed by atoms with Crippen molar-refractivity contribution in [2.75, 3.05) is 5.73 Å². The van der Waals surface area contributed by atoms with Crippen LogP contribution >= 0.6 is 0 Å². The predicted octanol–water partition coefficient (Wildman–Crippen LogP) is 0.664. The van der Waals surface area contributed by atoms with Crippen molar-refractivity contribution in [1.82, 2.24) is 4.98 Å². The number of nitrogen functional groups attached to an aromatic ring is 1. The summed E-state index contributed by atoms with van der Waals surface area (Å²) in [6.07, 6.45) is 1.66. The van der Waals surface area contributed by atoms with E-state index in [0.29, 0.717) is 5.82 Å². The van der Waals surface area contributed by atoms with E-state index in [4.69, 9.17) is 5.73 Å². The first-order valence-corrected chi connectivity index (χ1v) is 2.06. The molecule has 36 valence electrons. The van der Waals surface area contributed by atoms with Gasteiger partial charge in [-0.15, -0.1) is 0 Å². The Morgan fingerprint density at radius 2 is 2.29 bits per heavy atom. The van der Waals surface area contributed by atoms with Gasteiger partial charge in [-0.05, 0) is 12.1 Å². The van der Waals surface area contributed by atoms with Crippen molar-refractivity contribution in [3.8, 4) is 0 Å². The number of hydrogen-bond donors (Lipinski definition) is 1. The zero-order valence-electron chi connectivity index (χ0n) is 3.83. The molecule has 2 nitrogen and oxygen atoms in total. The highest BCUT2D eigenvalue weighted by Gasteiger charge is 1.73. The van der Waals surface area contributed by atoms with Crippen molar-refractivity contribution in [3.05, 3.63) is 24.4 Å². The first-order valence-electron chi connectivity index (χ1n) is 2.06. The number of rotatable bonds is 0. The second-order valence-corrected chi connectivity index (χ2v) is 1.25. The monoisotopic (exact) mass is 99.1 g/mol. The van der Waals surface area contributed by atoms with Crippen LogP contribution in [0.15, 0.2) is 24.4 Å². The lowest BCUT2D eigenvalue weighted by Gasteiger charge is -1.82. The average molecular weight is 99.1 g/mol. The van der Waals surface area contributed by atoms with Crippen molar-refractivity contribution >= 4 is 5.82 Å². The molecular weight excluding hydrogens is 93.0 g/mol. The van der Waals surface area contributed by atoms with Crippen LogP contribution in [0.3, 0.4) is 0 Å². The highest BCUT2D eigenvalue weighted by molar-refractivity contribution is 5.25. The minimum absolute atomic E-state index is 0.572. The SMILES string of the molecule is N[13c]1[13cH][13cH][13cH][13cH]n1. The van der Waals surface area contributed by atoms with Crippen molar-refractivity contribution < 1.29 is 0 Å². The van der Waals surface area contributed by atoms with Crippen LogP contribution in [0.5, 0.6) is 0 Å². The van der Waals surface area contributed by atoms with Gasteiger partial charge in [0.25, 0.3) is 0 Å². The second kappa shape index (κ2) is 1.60. The Hall–Kier alpha value is -1.05. The molecule has 0 unspecified atom stereocenters. The minimum Gasteiger partial charge on any atom is -0.384 e. The topological polar surface area (TPSA) is 38.9 Å². The normalized spacial score (nSPS) is 8.57. The summed E-state index contributed by atoms with van der Waals surface area (Å²) >= 11 is 0. The van der Waals surface area contributed by atoms with Gasteiger partial charge in [0.05, 0.1) is 0 Å². The van der Waals surface area contributed by atoms with Gasteiger partial charge < -0.3 is 5.73 Å². The van der Waals surface area contributed by atoms with E-state index in [2.05, 4.69) is 4.98 Å². The smallest absolute Gasteiger partial charge is 0.123 e. The van der Waals surface area contributed by atoms with E-state index in [1.165, 1.54) is 0 Å². The van der Waals surface area contributed by atoms with Gasteiger partial charge in [-0.2, -0.15) is 0 Å². The van der Waals surface area contributed by atoms with E-state index in [-0.39, 0.29) is 0 Å². The fourth-order valence-electron chi connectivity index (χ4n) is 0.376. The van der Waals surface area contributed by atoms with Gasteiger partial charge in [0.1, 0.15) is 5.82 Å². The van der Waals surface area contributed by atoms with E-state index in [1.54, 1.807) is 12.3 Å². The Balaban J connectivity index is 3.02. The first-order chi connectivity index (χ1) is 3.39. The van der Waals surface area contributed by atoms with Crippen LogP contribution in [0.25, 0.3) is 0 Å². The molecule has 0 radical (unpaired) electrons. The zero-order valence-corrected chi connectivity index (χ0v) is 3.83. The van der Waals surface area contributed by atoms with Crippen molar-refractivity contribution in [2.45, 2.75) is 0 Å². The summed E-state index contributed by atoms with van der Waals surface area (Å²) < 4.78 is 0. The average Bonchev–Trinajstić information content (AvgIpc) is 1.69. The highest BCUT2D eigenvalue weighted by atomic mass is 15.2. The van der Waals surface area contributed by atoms with Crippen LogP contribution in [0, 0.1) is 0 Å². The lowest BCUT2D eigenvalue weighted by Crippen LogP contribution is -1.85. The third-order valence-corrected chi connectivity index (χ3v) is 0.688. The molecule has 1 heterocycles. The van der Waals surface area contributed by atoms with Gasteiger partial charge in [0.15, 0.2) is 0 Å². The molecule has 0 amide bonds. The summed E-state index contributed by atoms with van der Waals surface area (Å²) in [5.74, 6) is 0.572. The maximum Gasteiger partial charge on any atom is 0.123 e. The molecule has 0 aliphatic rings. The van der Waals surface area contributed by atoms with Gasteiger partial charge in [0.2, 0.25) is 0 Å². The third kappa shape index (κ3) is 0.892. The lowest BCUT2D eigenvalue weighted by molar-refractivity contribution is 1.34. The van der Waals surface area contributed by atoms with Gasteiger partial charge in [-0.1, -0.05) is 6.07 Å². The predicted molar refractivity (Wildman–Crippen MR) is 28.6 cm³/mol. The quantitative estimate of drug-likeness (QED) is 0.519. The Bertz CT molecular complexity index is 136. The van der Waals surface area contributed by atoms with Gasteiger partial charge in [0, 0.05) is 6.20 Å². The van der Waals surface area contributed by atoms with Gasteiger partial charge in [-0.3, -0.25) is 0 Å². The van der Waals surface area contributed by atoms with E-state index in [9.17, 15) is 0 Å². The summed E-state index contributed by atoms with van der Waals surface area (Å²) in [6, 6.07) is 5.43. The van der Waals surface area contributed by atoms with E-state index < -0.39 is 0 Å². The molecule has 2 heteroatoms. The number of hydrogen-bond acceptors (Lipinski definition) is 2. The first kappa shape index (κ1) is 4.12. The summed E-state index contributed by atoms with van der Waals surface area (Å²) in [4.78, 5) is 3.76. The minimum atomic E-state index is 0.572. The van der Waals surface area contributed by atoms with Crippen molar-refractivity contribution in [2.24, 2.45) is 0 Å². The maximum atomic E-state index is 5.25. The molecule has 0 aromatic carbocycles. The molecule has 1 aromatic heterocycles. The number of nitrogens with zero attached hydrogens (tertiary/aromatic N) is 1. The highest BCUT2D eigenvalue weighted by Crippen LogP contribution is 1.89. The zero-order chi connectivity index (χ0) is 5.11. The maximum absolute atomic E-state index is 5.25. The summed E-state index contributed by atoms with van der Waals surface area (Å²) in [6.45, 7) is 0. The second-order valence-electron chi connectivity index (χ2n) is 1.25. The van der Waals surface area contributed by atoms with Crippen LogP contribution in [-0.2, 0) is 0 Å². The summed E-state index contributed by atoms with van der Waals surface area (Å²) in [7, 11) is 0. The number of nitrogens with two attached hydrogens (primary N) is 1. The number of pyridine rings is 1. The Kier molecular flexibility index (Phi) is 0.941. The molecule has 1 rings (SSSR count). The molecule has 0 fully saturated rings. The van der Waals surface area contributed by atoms with Crippen LogP contribution in [-0.4, -0.2) is 4.98 Å². The number of anilines is 1. The molecule has 2 N–H and O–H groups in total. The molecule has 0 aliphatic carbocycles. The van der Waals surface area contributed by atoms with E-state index >= 15 is 0 Å². The van der Waals surface area contributed by atoms with Crippen molar-refractivity contribution in [3.63, 3.8) is 0 Å². The fourth-order valence-corrected chi connectivity index (χ4v) is 0.376. The Morgan fingerprint density at radius 1 is 1.43 bits per heavy atom. The molecule has 0 saturated heterocycles. The molecule has 0 saturated carbocycles. The Labute approximate surface area is 42.0 Å². The molecule has 0 atom stereocenters. The van der Waals surface area contributed by atoms with E-state index in [1.807, 2.05) is 12.1 Å². The fraction of sp³-hybridized carbons (Fsp3) is 0. The molecule has 0 aliphatic heterocycles. The number of aromatic nitrogens is 1. The summed E-state index contributed by atoms with van der Waals surface area (Å²) in [5.41, 5.74) is 5.25. The molecule has 1 aromatic rings. The van der Waals surface area contributed by atoms with Gasteiger partial charge >= 0.3 is 0 Å².